The van der Waals surface area contributed by atoms with Crippen LogP contribution in [-0.2, 0) is 0 Å². The first-order chi connectivity index (χ1) is 28.8. The standard InChI is InChI=1S/C54H35N3S/c1-2-12-36(13-3-1)37-22-24-38(25-23-37)55(39-26-30-41(31-27-39)56-49-18-8-4-14-43(49)44-15-5-9-19-50(44)56)40-28-32-42(33-29-40)57-51-20-10-6-16-45(51)47-35-54-48(34-52(47)57)46-17-7-11-21-53(46)58-54/h1-35H. The van der Waals surface area contributed by atoms with Gasteiger partial charge in [0.25, 0.3) is 0 Å². The van der Waals surface area contributed by atoms with Gasteiger partial charge in [-0.05, 0) is 108 Å². The van der Waals surface area contributed by atoms with E-state index in [1.165, 1.54) is 74.9 Å². The van der Waals surface area contributed by atoms with Crippen molar-refractivity contribution >= 4 is 92.2 Å². The van der Waals surface area contributed by atoms with Crippen molar-refractivity contribution in [3.63, 3.8) is 0 Å². The molecule has 0 unspecified atom stereocenters. The summed E-state index contributed by atoms with van der Waals surface area (Å²) in [6, 6.07) is 77.3. The second-order valence-corrected chi connectivity index (χ2v) is 16.1. The third-order valence-corrected chi connectivity index (χ3v) is 12.8. The molecule has 9 aromatic carbocycles. The van der Waals surface area contributed by atoms with Crippen LogP contribution in [0, 0.1) is 0 Å². The first kappa shape index (κ1) is 32.8. The number of rotatable bonds is 6. The maximum Gasteiger partial charge on any atom is 0.0548 e. The molecule has 0 spiro atoms. The van der Waals surface area contributed by atoms with Crippen LogP contribution in [0.3, 0.4) is 0 Å². The van der Waals surface area contributed by atoms with Crippen molar-refractivity contribution < 1.29 is 0 Å². The summed E-state index contributed by atoms with van der Waals surface area (Å²) in [5.41, 5.74) is 12.8. The average Bonchev–Trinajstić information content (AvgIpc) is 3.94. The average molecular weight is 758 g/mol. The van der Waals surface area contributed by atoms with Gasteiger partial charge in [-0.15, -0.1) is 11.3 Å². The summed E-state index contributed by atoms with van der Waals surface area (Å²) >= 11 is 1.88. The lowest BCUT2D eigenvalue weighted by molar-refractivity contribution is 1.17. The predicted octanol–water partition coefficient (Wildman–Crippen LogP) is 15.4. The Kier molecular flexibility index (Phi) is 7.40. The molecule has 0 saturated carbocycles. The van der Waals surface area contributed by atoms with Gasteiger partial charge in [0.2, 0.25) is 0 Å². The van der Waals surface area contributed by atoms with Crippen molar-refractivity contribution in [3.05, 3.63) is 212 Å². The zero-order chi connectivity index (χ0) is 38.2. The second kappa shape index (κ2) is 13.1. The number of thiophene rings is 1. The van der Waals surface area contributed by atoms with Gasteiger partial charge in [-0.3, -0.25) is 0 Å². The third-order valence-electron chi connectivity index (χ3n) is 11.7. The maximum atomic E-state index is 2.43. The Hall–Kier alpha value is -7.40. The Morgan fingerprint density at radius 2 is 0.724 bits per heavy atom. The molecular formula is C54H35N3S. The van der Waals surface area contributed by atoms with Crippen LogP contribution in [0.4, 0.5) is 17.1 Å². The number of aromatic nitrogens is 2. The van der Waals surface area contributed by atoms with E-state index in [-0.39, 0.29) is 0 Å². The van der Waals surface area contributed by atoms with Gasteiger partial charge in [-0.1, -0.05) is 115 Å². The van der Waals surface area contributed by atoms with E-state index in [2.05, 4.69) is 226 Å². The molecule has 4 heteroatoms. The Balaban J connectivity index is 0.992. The Bertz CT molecular complexity index is 3430. The van der Waals surface area contributed by atoms with Gasteiger partial charge in [-0.2, -0.15) is 0 Å². The number of para-hydroxylation sites is 3. The van der Waals surface area contributed by atoms with Gasteiger partial charge in [0, 0.05) is 70.2 Å². The van der Waals surface area contributed by atoms with Crippen LogP contribution in [0.25, 0.3) is 86.3 Å². The number of hydrogen-bond donors (Lipinski definition) is 0. The molecule has 3 aromatic heterocycles. The number of fused-ring (bicyclic) bond motifs is 9. The molecule has 0 saturated heterocycles. The minimum atomic E-state index is 1.09. The van der Waals surface area contributed by atoms with Crippen LogP contribution in [-0.4, -0.2) is 9.13 Å². The highest BCUT2D eigenvalue weighted by atomic mass is 32.1. The quantitative estimate of drug-likeness (QED) is 0.165. The van der Waals surface area contributed by atoms with E-state index in [0.29, 0.717) is 0 Å². The van der Waals surface area contributed by atoms with E-state index >= 15 is 0 Å². The molecule has 0 atom stereocenters. The van der Waals surface area contributed by atoms with Crippen molar-refractivity contribution in [3.8, 4) is 22.5 Å². The van der Waals surface area contributed by atoms with Gasteiger partial charge in [0.1, 0.15) is 0 Å². The smallest absolute Gasteiger partial charge is 0.0548 e. The summed E-state index contributed by atoms with van der Waals surface area (Å²) < 4.78 is 7.45. The minimum absolute atomic E-state index is 1.09. The molecule has 12 rings (SSSR count). The van der Waals surface area contributed by atoms with E-state index in [1.54, 1.807) is 0 Å². The highest BCUT2D eigenvalue weighted by molar-refractivity contribution is 7.25. The zero-order valence-corrected chi connectivity index (χ0v) is 32.3. The zero-order valence-electron chi connectivity index (χ0n) is 31.5. The monoisotopic (exact) mass is 757 g/mol. The summed E-state index contributed by atoms with van der Waals surface area (Å²) in [5, 5.41) is 7.70. The molecule has 272 valence electrons. The molecule has 0 aliphatic heterocycles. The lowest BCUT2D eigenvalue weighted by atomic mass is 10.0. The normalized spacial score (nSPS) is 11.8. The van der Waals surface area contributed by atoms with Gasteiger partial charge in [0.05, 0.1) is 22.1 Å². The van der Waals surface area contributed by atoms with Crippen LogP contribution < -0.4 is 4.90 Å². The fraction of sp³-hybridized carbons (Fsp3) is 0. The number of hydrogen-bond acceptors (Lipinski definition) is 2. The second-order valence-electron chi connectivity index (χ2n) is 15.0. The largest absolute Gasteiger partial charge is 0.311 e. The molecular weight excluding hydrogens is 723 g/mol. The molecule has 0 aliphatic rings. The van der Waals surface area contributed by atoms with E-state index in [4.69, 9.17) is 0 Å². The van der Waals surface area contributed by atoms with E-state index in [0.717, 1.165) is 28.4 Å². The van der Waals surface area contributed by atoms with Crippen molar-refractivity contribution in [1.29, 1.82) is 0 Å². The Morgan fingerprint density at radius 1 is 0.293 bits per heavy atom. The van der Waals surface area contributed by atoms with Crippen LogP contribution >= 0.6 is 11.3 Å². The van der Waals surface area contributed by atoms with Crippen LogP contribution in [0.5, 0.6) is 0 Å². The fourth-order valence-electron chi connectivity index (χ4n) is 9.05. The molecule has 58 heavy (non-hydrogen) atoms. The SMILES string of the molecule is c1ccc(-c2ccc(N(c3ccc(-n4c5ccccc5c5ccccc54)cc3)c3ccc(-n4c5ccccc5c5cc6sc7ccccc7c6cc54)cc3)cc2)cc1. The Morgan fingerprint density at radius 3 is 1.29 bits per heavy atom. The lowest BCUT2D eigenvalue weighted by Gasteiger charge is -2.26. The highest BCUT2D eigenvalue weighted by Gasteiger charge is 2.18. The number of anilines is 3. The summed E-state index contributed by atoms with van der Waals surface area (Å²) in [4.78, 5) is 2.36. The molecule has 3 nitrogen and oxygen atoms in total. The van der Waals surface area contributed by atoms with Crippen LogP contribution in [0.2, 0.25) is 0 Å². The molecule has 3 heterocycles. The molecule has 0 aliphatic carbocycles. The molecule has 0 radical (unpaired) electrons. The van der Waals surface area contributed by atoms with E-state index < -0.39 is 0 Å². The Labute approximate surface area is 339 Å². The van der Waals surface area contributed by atoms with Crippen molar-refractivity contribution in [2.45, 2.75) is 0 Å². The van der Waals surface area contributed by atoms with E-state index in [1.807, 2.05) is 11.3 Å². The number of nitrogens with zero attached hydrogens (tertiary/aromatic N) is 3. The van der Waals surface area contributed by atoms with Gasteiger partial charge >= 0.3 is 0 Å². The molecule has 0 amide bonds. The summed E-state index contributed by atoms with van der Waals surface area (Å²) in [6.07, 6.45) is 0. The minimum Gasteiger partial charge on any atom is -0.311 e. The van der Waals surface area contributed by atoms with Crippen molar-refractivity contribution in [1.82, 2.24) is 9.13 Å². The third kappa shape index (κ3) is 5.12. The topological polar surface area (TPSA) is 13.1 Å². The predicted molar refractivity (Wildman–Crippen MR) is 248 cm³/mol. The van der Waals surface area contributed by atoms with Crippen LogP contribution in [0.1, 0.15) is 0 Å². The van der Waals surface area contributed by atoms with Crippen LogP contribution in [0.15, 0.2) is 212 Å². The van der Waals surface area contributed by atoms with Gasteiger partial charge in [-0.25, -0.2) is 0 Å². The summed E-state index contributed by atoms with van der Waals surface area (Å²) in [7, 11) is 0. The molecule has 0 fully saturated rings. The molecule has 0 bridgehead atoms. The summed E-state index contributed by atoms with van der Waals surface area (Å²) in [6.45, 7) is 0. The lowest BCUT2D eigenvalue weighted by Crippen LogP contribution is -2.10. The maximum absolute atomic E-state index is 2.43. The van der Waals surface area contributed by atoms with Gasteiger partial charge in [0.15, 0.2) is 0 Å². The van der Waals surface area contributed by atoms with E-state index in [9.17, 15) is 0 Å². The van der Waals surface area contributed by atoms with Crippen molar-refractivity contribution in [2.24, 2.45) is 0 Å². The first-order valence-electron chi connectivity index (χ1n) is 19.8. The number of benzene rings is 9. The first-order valence-corrected chi connectivity index (χ1v) is 20.6. The fourth-order valence-corrected chi connectivity index (χ4v) is 10.2. The van der Waals surface area contributed by atoms with Gasteiger partial charge < -0.3 is 14.0 Å². The molecule has 12 aromatic rings. The van der Waals surface area contributed by atoms with Crippen molar-refractivity contribution in [2.75, 3.05) is 4.90 Å². The molecule has 0 N–H and O–H groups in total. The summed E-state index contributed by atoms with van der Waals surface area (Å²) in [5.74, 6) is 0. The highest BCUT2D eigenvalue weighted by Crippen LogP contribution is 2.42.